The van der Waals surface area contributed by atoms with Gasteiger partial charge in [-0.25, -0.2) is 9.37 Å². The topological polar surface area (TPSA) is 54.9 Å². The molecule has 4 nitrogen and oxygen atoms in total. The molecule has 6 heteroatoms. The number of aromatic nitrogens is 2. The summed E-state index contributed by atoms with van der Waals surface area (Å²) in [6.07, 6.45) is 3.24. The summed E-state index contributed by atoms with van der Waals surface area (Å²) < 4.78 is 13.0. The van der Waals surface area contributed by atoms with Crippen LogP contribution >= 0.6 is 11.6 Å². The van der Waals surface area contributed by atoms with Crippen LogP contribution in [0.2, 0.25) is 5.15 Å². The summed E-state index contributed by atoms with van der Waals surface area (Å²) in [5.41, 5.74) is 0.897. The molecule has 0 unspecified atom stereocenters. The summed E-state index contributed by atoms with van der Waals surface area (Å²) in [6, 6.07) is 6.62. The number of amides is 1. The largest absolute Gasteiger partial charge is 0.352 e. The van der Waals surface area contributed by atoms with Gasteiger partial charge in [-0.3, -0.25) is 9.78 Å². The van der Waals surface area contributed by atoms with E-state index in [2.05, 4.69) is 15.3 Å². The quantitative estimate of drug-likeness (QED) is 0.873. The molecule has 0 aliphatic rings. The fourth-order valence-corrected chi connectivity index (χ4v) is 1.72. The van der Waals surface area contributed by atoms with Gasteiger partial charge in [0.1, 0.15) is 11.0 Å². The summed E-state index contributed by atoms with van der Waals surface area (Å²) in [7, 11) is 0. The van der Waals surface area contributed by atoms with Gasteiger partial charge >= 0.3 is 0 Å². The van der Waals surface area contributed by atoms with Crippen molar-refractivity contribution >= 4 is 17.5 Å². The summed E-state index contributed by atoms with van der Waals surface area (Å²) in [6.45, 7) is 0.392. The van der Waals surface area contributed by atoms with Crippen molar-refractivity contribution in [3.05, 3.63) is 58.9 Å². The Kier molecular flexibility index (Phi) is 4.41. The highest BCUT2D eigenvalue weighted by atomic mass is 35.5. The third-order valence-electron chi connectivity index (χ3n) is 2.44. The molecule has 2 rings (SSSR count). The van der Waals surface area contributed by atoms with Gasteiger partial charge in [0.25, 0.3) is 5.91 Å². The zero-order valence-electron chi connectivity index (χ0n) is 9.94. The van der Waals surface area contributed by atoms with E-state index >= 15 is 0 Å². The van der Waals surface area contributed by atoms with Crippen LogP contribution in [0.1, 0.15) is 16.1 Å². The van der Waals surface area contributed by atoms with Crippen LogP contribution in [0.3, 0.4) is 0 Å². The second kappa shape index (κ2) is 6.24. The number of pyridine rings is 2. The highest BCUT2D eigenvalue weighted by Gasteiger charge is 2.12. The van der Waals surface area contributed by atoms with Crippen LogP contribution in [-0.4, -0.2) is 22.4 Å². The lowest BCUT2D eigenvalue weighted by atomic mass is 10.2. The maximum atomic E-state index is 13.0. The summed E-state index contributed by atoms with van der Waals surface area (Å²) in [4.78, 5) is 19.5. The van der Waals surface area contributed by atoms with Gasteiger partial charge in [0.15, 0.2) is 0 Å². The van der Waals surface area contributed by atoms with Crippen molar-refractivity contribution in [3.63, 3.8) is 0 Å². The normalized spacial score (nSPS) is 10.2. The van der Waals surface area contributed by atoms with Gasteiger partial charge in [-0.15, -0.1) is 0 Å². The molecule has 0 atom stereocenters. The van der Waals surface area contributed by atoms with Crippen molar-refractivity contribution in [2.45, 2.75) is 6.42 Å². The number of halogens is 2. The lowest BCUT2D eigenvalue weighted by Crippen LogP contribution is -2.26. The minimum atomic E-state index is -0.598. The first-order valence-corrected chi connectivity index (χ1v) is 6.04. The molecule has 1 amide bonds. The molecule has 0 aliphatic carbocycles. The molecular formula is C13H11ClFN3O. The van der Waals surface area contributed by atoms with Crippen LogP contribution in [0.5, 0.6) is 0 Å². The van der Waals surface area contributed by atoms with E-state index in [0.717, 1.165) is 18.0 Å². The van der Waals surface area contributed by atoms with E-state index in [9.17, 15) is 9.18 Å². The lowest BCUT2D eigenvalue weighted by molar-refractivity contribution is 0.0953. The lowest BCUT2D eigenvalue weighted by Gasteiger charge is -2.06. The smallest absolute Gasteiger partial charge is 0.254 e. The Bertz CT molecular complexity index is 577. The molecule has 0 saturated heterocycles. The molecular weight excluding hydrogens is 269 g/mol. The second-order valence-corrected chi connectivity index (χ2v) is 4.18. The minimum Gasteiger partial charge on any atom is -0.352 e. The standard InChI is InChI=1S/C13H11ClFN3O/c14-12-11(7-9(15)8-18-12)13(19)17-6-4-10-3-1-2-5-16-10/h1-3,5,7-8H,4,6H2,(H,17,19). The minimum absolute atomic E-state index is 0.0169. The Morgan fingerprint density at radius 1 is 1.37 bits per heavy atom. The van der Waals surface area contributed by atoms with Gasteiger partial charge in [0.05, 0.1) is 11.8 Å². The molecule has 0 aromatic carbocycles. The number of carbonyl (C=O) groups excluding carboxylic acids is 1. The van der Waals surface area contributed by atoms with Crippen molar-refractivity contribution in [2.75, 3.05) is 6.54 Å². The molecule has 0 bridgehead atoms. The van der Waals surface area contributed by atoms with E-state index in [-0.39, 0.29) is 10.7 Å². The first-order chi connectivity index (χ1) is 9.16. The van der Waals surface area contributed by atoms with Crippen LogP contribution in [0.25, 0.3) is 0 Å². The van der Waals surface area contributed by atoms with Crippen LogP contribution in [-0.2, 0) is 6.42 Å². The van der Waals surface area contributed by atoms with Gasteiger partial charge in [-0.05, 0) is 18.2 Å². The van der Waals surface area contributed by atoms with Gasteiger partial charge in [0, 0.05) is 24.9 Å². The second-order valence-electron chi connectivity index (χ2n) is 3.82. The Labute approximate surface area is 114 Å². The molecule has 1 N–H and O–H groups in total. The molecule has 0 saturated carbocycles. The number of nitrogens with one attached hydrogen (secondary N) is 1. The van der Waals surface area contributed by atoms with Crippen LogP contribution in [0, 0.1) is 5.82 Å². The highest BCUT2D eigenvalue weighted by Crippen LogP contribution is 2.13. The molecule has 2 aromatic rings. The van der Waals surface area contributed by atoms with Crippen molar-refractivity contribution in [2.24, 2.45) is 0 Å². The predicted molar refractivity (Wildman–Crippen MR) is 69.5 cm³/mol. The SMILES string of the molecule is O=C(NCCc1ccccn1)c1cc(F)cnc1Cl. The Hall–Kier alpha value is -2.01. The Balaban J connectivity index is 1.93. The van der Waals surface area contributed by atoms with E-state index in [4.69, 9.17) is 11.6 Å². The van der Waals surface area contributed by atoms with Gasteiger partial charge in [-0.1, -0.05) is 17.7 Å². The van der Waals surface area contributed by atoms with Crippen molar-refractivity contribution in [1.82, 2.24) is 15.3 Å². The summed E-state index contributed by atoms with van der Waals surface area (Å²) in [5.74, 6) is -1.05. The predicted octanol–water partition coefficient (Wildman–Crippen LogP) is 2.24. The fraction of sp³-hybridized carbons (Fsp3) is 0.154. The number of hydrogen-bond donors (Lipinski definition) is 1. The first-order valence-electron chi connectivity index (χ1n) is 5.66. The molecule has 19 heavy (non-hydrogen) atoms. The van der Waals surface area contributed by atoms with Gasteiger partial charge < -0.3 is 5.32 Å². The number of nitrogens with zero attached hydrogens (tertiary/aromatic N) is 2. The van der Waals surface area contributed by atoms with E-state index in [0.29, 0.717) is 13.0 Å². The average molecular weight is 280 g/mol. The average Bonchev–Trinajstić information content (AvgIpc) is 2.42. The van der Waals surface area contributed by atoms with Crippen molar-refractivity contribution in [1.29, 1.82) is 0 Å². The Morgan fingerprint density at radius 2 is 2.21 bits per heavy atom. The zero-order chi connectivity index (χ0) is 13.7. The van der Waals surface area contributed by atoms with Gasteiger partial charge in [0.2, 0.25) is 0 Å². The molecule has 98 valence electrons. The maximum Gasteiger partial charge on any atom is 0.254 e. The van der Waals surface area contributed by atoms with Gasteiger partial charge in [-0.2, -0.15) is 0 Å². The fourth-order valence-electron chi connectivity index (χ4n) is 1.53. The third kappa shape index (κ3) is 3.72. The molecule has 0 spiro atoms. The summed E-state index contributed by atoms with van der Waals surface area (Å²) >= 11 is 5.74. The van der Waals surface area contributed by atoms with E-state index in [1.165, 1.54) is 0 Å². The van der Waals surface area contributed by atoms with E-state index < -0.39 is 11.7 Å². The van der Waals surface area contributed by atoms with Crippen molar-refractivity contribution < 1.29 is 9.18 Å². The third-order valence-corrected chi connectivity index (χ3v) is 2.74. The summed E-state index contributed by atoms with van der Waals surface area (Å²) in [5, 5.41) is 2.63. The highest BCUT2D eigenvalue weighted by molar-refractivity contribution is 6.32. The van der Waals surface area contributed by atoms with Crippen LogP contribution in [0.4, 0.5) is 4.39 Å². The molecule has 0 fully saturated rings. The molecule has 2 aromatic heterocycles. The molecule has 2 heterocycles. The molecule has 0 aliphatic heterocycles. The number of carbonyl (C=O) groups is 1. The Morgan fingerprint density at radius 3 is 2.95 bits per heavy atom. The van der Waals surface area contributed by atoms with E-state index in [1.54, 1.807) is 6.20 Å². The first kappa shape index (κ1) is 13.4. The zero-order valence-corrected chi connectivity index (χ0v) is 10.7. The monoisotopic (exact) mass is 279 g/mol. The van der Waals surface area contributed by atoms with Crippen molar-refractivity contribution in [3.8, 4) is 0 Å². The van der Waals surface area contributed by atoms with Crippen LogP contribution in [0.15, 0.2) is 36.7 Å². The van der Waals surface area contributed by atoms with E-state index in [1.807, 2.05) is 18.2 Å². The number of rotatable bonds is 4. The molecule has 0 radical (unpaired) electrons. The maximum absolute atomic E-state index is 13.0. The van der Waals surface area contributed by atoms with Crippen LogP contribution < -0.4 is 5.32 Å². The number of hydrogen-bond acceptors (Lipinski definition) is 3.